The van der Waals surface area contributed by atoms with Gasteiger partial charge in [-0.05, 0) is 61.4 Å². The SMILES string of the molecule is COCCN(C)c1cc(C(=O)C2NC2C2C=CCCCC(Cc3cccnc3)/C=C\2)cc(Oc2ccccc2)n1. The number of pyridine rings is 2. The molecule has 0 spiro atoms. The zero-order chi connectivity index (χ0) is 27.7. The molecule has 1 aliphatic heterocycles. The van der Waals surface area contributed by atoms with Crippen molar-refractivity contribution in [2.24, 2.45) is 11.8 Å². The fraction of sp³-hybridized carbons (Fsp3) is 0.364. The summed E-state index contributed by atoms with van der Waals surface area (Å²) in [6.45, 7) is 1.20. The molecule has 0 radical (unpaired) electrons. The third kappa shape index (κ3) is 7.43. The van der Waals surface area contributed by atoms with Crippen LogP contribution in [0.25, 0.3) is 0 Å². The van der Waals surface area contributed by atoms with Crippen molar-refractivity contribution in [2.75, 3.05) is 32.2 Å². The van der Waals surface area contributed by atoms with E-state index in [0.717, 1.165) is 25.7 Å². The molecule has 0 bridgehead atoms. The summed E-state index contributed by atoms with van der Waals surface area (Å²) in [4.78, 5) is 24.7. The maximum atomic E-state index is 13.7. The van der Waals surface area contributed by atoms with Gasteiger partial charge in [-0.2, -0.15) is 4.98 Å². The zero-order valence-electron chi connectivity index (χ0n) is 23.3. The van der Waals surface area contributed by atoms with Crippen LogP contribution in [0, 0.1) is 11.8 Å². The highest BCUT2D eigenvalue weighted by Crippen LogP contribution is 2.31. The third-order valence-electron chi connectivity index (χ3n) is 7.51. The van der Waals surface area contributed by atoms with Crippen molar-refractivity contribution >= 4 is 11.6 Å². The number of benzene rings is 1. The summed E-state index contributed by atoms with van der Waals surface area (Å²) in [7, 11) is 3.61. The van der Waals surface area contributed by atoms with Crippen LogP contribution in [-0.4, -0.2) is 55.1 Å². The minimum Gasteiger partial charge on any atom is -0.439 e. The fourth-order valence-corrected chi connectivity index (χ4v) is 5.17. The number of carbonyl (C=O) groups is 1. The van der Waals surface area contributed by atoms with Crippen molar-refractivity contribution in [3.05, 3.63) is 102 Å². The Balaban J connectivity index is 1.32. The molecule has 5 rings (SSSR count). The maximum absolute atomic E-state index is 13.7. The van der Waals surface area contributed by atoms with E-state index in [1.165, 1.54) is 5.56 Å². The monoisotopic (exact) mass is 538 g/mol. The zero-order valence-corrected chi connectivity index (χ0v) is 23.3. The number of hydrogen-bond acceptors (Lipinski definition) is 7. The molecule has 1 saturated heterocycles. The van der Waals surface area contributed by atoms with Crippen molar-refractivity contribution in [3.63, 3.8) is 0 Å². The van der Waals surface area contributed by atoms with Crippen LogP contribution in [0.3, 0.4) is 0 Å². The normalized spacial score (nSPS) is 22.9. The number of rotatable bonds is 11. The van der Waals surface area contributed by atoms with Crippen molar-refractivity contribution in [1.82, 2.24) is 15.3 Å². The number of ketones is 1. The van der Waals surface area contributed by atoms with Crippen LogP contribution < -0.4 is 15.0 Å². The average Bonchev–Trinajstić information content (AvgIpc) is 3.76. The van der Waals surface area contributed by atoms with E-state index >= 15 is 0 Å². The van der Waals surface area contributed by atoms with Crippen LogP contribution in [0.15, 0.2) is 91.3 Å². The lowest BCUT2D eigenvalue weighted by Crippen LogP contribution is -2.24. The van der Waals surface area contributed by atoms with Crippen molar-refractivity contribution in [3.8, 4) is 11.6 Å². The van der Waals surface area contributed by atoms with Gasteiger partial charge in [-0.15, -0.1) is 0 Å². The molecule has 7 heteroatoms. The average molecular weight is 539 g/mol. The standard InChI is InChI=1S/C33H38N4O3/c1-37(18-19-39-2)29-21-27(22-30(35-29)40-28-13-7-4-8-14-28)33(38)32-31(36-32)26-12-6-3-5-10-24(15-16-26)20-25-11-9-17-34-23-25/h4,6-9,11-17,21-24,26,31-32,36H,3,5,10,18-20H2,1-2H3/b12-6?,16-15-. The van der Waals surface area contributed by atoms with Crippen LogP contribution in [0.1, 0.15) is 35.2 Å². The molecular weight excluding hydrogens is 500 g/mol. The Bertz CT molecular complexity index is 1310. The van der Waals surface area contributed by atoms with Gasteiger partial charge in [0.1, 0.15) is 11.6 Å². The Morgan fingerprint density at radius 2 is 1.98 bits per heavy atom. The number of ether oxygens (including phenoxy) is 2. The fourth-order valence-electron chi connectivity index (χ4n) is 5.17. The summed E-state index contributed by atoms with van der Waals surface area (Å²) in [6.07, 6.45) is 17.3. The first kappa shape index (κ1) is 27.7. The first-order valence-corrected chi connectivity index (χ1v) is 14.1. The first-order chi connectivity index (χ1) is 19.6. The molecule has 4 unspecified atom stereocenters. The highest BCUT2D eigenvalue weighted by Gasteiger charge is 2.46. The van der Waals surface area contributed by atoms with Crippen molar-refractivity contribution < 1.29 is 14.3 Å². The molecule has 40 heavy (non-hydrogen) atoms. The lowest BCUT2D eigenvalue weighted by Gasteiger charge is -2.19. The molecule has 7 nitrogen and oxygen atoms in total. The third-order valence-corrected chi connectivity index (χ3v) is 7.51. The summed E-state index contributed by atoms with van der Waals surface area (Å²) < 4.78 is 11.3. The summed E-state index contributed by atoms with van der Waals surface area (Å²) in [5.41, 5.74) is 1.85. The smallest absolute Gasteiger partial charge is 0.221 e. The second kappa shape index (κ2) is 13.5. The van der Waals surface area contributed by atoms with E-state index in [0.29, 0.717) is 42.1 Å². The van der Waals surface area contributed by atoms with Crippen LogP contribution in [0.5, 0.6) is 11.6 Å². The predicted octanol–water partition coefficient (Wildman–Crippen LogP) is 5.65. The molecule has 4 atom stereocenters. The van der Waals surface area contributed by atoms with Crippen LogP contribution >= 0.6 is 0 Å². The molecule has 2 aliphatic rings. The van der Waals surface area contributed by atoms with Gasteiger partial charge in [0.15, 0.2) is 5.78 Å². The Labute approximate surface area is 236 Å². The van der Waals surface area contributed by atoms with Gasteiger partial charge in [0, 0.05) is 56.7 Å². The lowest BCUT2D eigenvalue weighted by molar-refractivity contribution is 0.0987. The Morgan fingerprint density at radius 3 is 2.77 bits per heavy atom. The molecule has 1 fully saturated rings. The molecule has 1 N–H and O–H groups in total. The predicted molar refractivity (Wildman–Crippen MR) is 158 cm³/mol. The molecule has 1 aromatic carbocycles. The summed E-state index contributed by atoms with van der Waals surface area (Å²) in [5.74, 6) is 2.42. The first-order valence-electron chi connectivity index (χ1n) is 14.1. The number of para-hydroxylation sites is 1. The van der Waals surface area contributed by atoms with E-state index in [1.54, 1.807) is 13.2 Å². The minimum absolute atomic E-state index is 0.0558. The Kier molecular flexibility index (Phi) is 9.37. The summed E-state index contributed by atoms with van der Waals surface area (Å²) >= 11 is 0. The van der Waals surface area contributed by atoms with Gasteiger partial charge in [0.25, 0.3) is 0 Å². The highest BCUT2D eigenvalue weighted by atomic mass is 16.5. The van der Waals surface area contributed by atoms with Gasteiger partial charge >= 0.3 is 0 Å². The number of carbonyl (C=O) groups excluding carboxylic acids is 1. The number of methoxy groups -OCH3 is 1. The number of hydrogen-bond donors (Lipinski definition) is 1. The quantitative estimate of drug-likeness (QED) is 0.192. The number of likely N-dealkylation sites (N-methyl/N-ethyl adjacent to an activating group) is 1. The van der Waals surface area contributed by atoms with Crippen molar-refractivity contribution in [1.29, 1.82) is 0 Å². The molecule has 0 saturated carbocycles. The molecule has 3 aromatic rings. The molecule has 208 valence electrons. The molecule has 3 heterocycles. The summed E-state index contributed by atoms with van der Waals surface area (Å²) in [5, 5.41) is 3.47. The second-order valence-corrected chi connectivity index (χ2v) is 10.6. The van der Waals surface area contributed by atoms with Gasteiger partial charge in [0.2, 0.25) is 5.88 Å². The molecule has 0 amide bonds. The number of nitrogens with zero attached hydrogens (tertiary/aromatic N) is 3. The molecule has 2 aromatic heterocycles. The van der Waals surface area contributed by atoms with E-state index < -0.39 is 0 Å². The number of Topliss-reactive ketones (excluding diaryl/α,β-unsaturated/α-hetero) is 1. The van der Waals surface area contributed by atoms with Gasteiger partial charge in [-0.1, -0.05) is 48.6 Å². The van der Waals surface area contributed by atoms with Gasteiger partial charge in [-0.25, -0.2) is 0 Å². The van der Waals surface area contributed by atoms with Crippen molar-refractivity contribution in [2.45, 2.75) is 37.8 Å². The lowest BCUT2D eigenvalue weighted by atomic mass is 9.92. The number of anilines is 1. The van der Waals surface area contributed by atoms with Gasteiger partial charge in [0.05, 0.1) is 12.6 Å². The highest BCUT2D eigenvalue weighted by molar-refractivity contribution is 6.03. The molecule has 1 aliphatic carbocycles. The van der Waals surface area contributed by atoms with E-state index in [4.69, 9.17) is 9.47 Å². The van der Waals surface area contributed by atoms with E-state index in [2.05, 4.69) is 45.7 Å². The van der Waals surface area contributed by atoms with E-state index in [-0.39, 0.29) is 23.8 Å². The molecular formula is C33H38N4O3. The van der Waals surface area contributed by atoms with Crippen LogP contribution in [-0.2, 0) is 11.2 Å². The van der Waals surface area contributed by atoms with Crippen LogP contribution in [0.2, 0.25) is 0 Å². The summed E-state index contributed by atoms with van der Waals surface area (Å²) in [6, 6.07) is 17.1. The van der Waals surface area contributed by atoms with Gasteiger partial charge < -0.3 is 19.7 Å². The van der Waals surface area contributed by atoms with E-state index in [9.17, 15) is 4.79 Å². The minimum atomic E-state index is -0.249. The van der Waals surface area contributed by atoms with Gasteiger partial charge in [-0.3, -0.25) is 9.78 Å². The topological polar surface area (TPSA) is 86.5 Å². The maximum Gasteiger partial charge on any atom is 0.221 e. The van der Waals surface area contributed by atoms with E-state index in [1.807, 2.05) is 66.8 Å². The Hall–Kier alpha value is -3.81. The Morgan fingerprint density at radius 1 is 1.10 bits per heavy atom. The largest absolute Gasteiger partial charge is 0.439 e. The second-order valence-electron chi connectivity index (χ2n) is 10.6. The van der Waals surface area contributed by atoms with Crippen LogP contribution in [0.4, 0.5) is 5.82 Å². The number of aromatic nitrogens is 2. The number of allylic oxidation sites excluding steroid dienone is 2. The number of nitrogens with one attached hydrogen (secondary N) is 1.